The number of rotatable bonds is 6. The van der Waals surface area contributed by atoms with Gasteiger partial charge in [0.05, 0.1) is 48.7 Å². The van der Waals surface area contributed by atoms with Gasteiger partial charge in [0.2, 0.25) is 0 Å². The Morgan fingerprint density at radius 1 is 1.19 bits per heavy atom. The summed E-state index contributed by atoms with van der Waals surface area (Å²) >= 11 is 0. The molecule has 3 aromatic rings. The van der Waals surface area contributed by atoms with Gasteiger partial charge in [0.15, 0.2) is 6.19 Å². The second-order valence-corrected chi connectivity index (χ2v) is 10.4. The maximum Gasteiger partial charge on any atom is 0.311 e. The van der Waals surface area contributed by atoms with Gasteiger partial charge in [-0.05, 0) is 55.7 Å². The van der Waals surface area contributed by atoms with Crippen LogP contribution in [-0.2, 0) is 27.3 Å². The van der Waals surface area contributed by atoms with Crippen LogP contribution < -0.4 is 0 Å². The first-order valence-corrected chi connectivity index (χ1v) is 13.2. The van der Waals surface area contributed by atoms with Gasteiger partial charge >= 0.3 is 5.97 Å². The number of nitriles is 1. The molecule has 0 spiro atoms. The van der Waals surface area contributed by atoms with Gasteiger partial charge in [-0.15, -0.1) is 0 Å². The molecule has 1 aliphatic carbocycles. The fourth-order valence-electron chi connectivity index (χ4n) is 6.37. The molecule has 5 atom stereocenters. The molecule has 7 heteroatoms. The van der Waals surface area contributed by atoms with Crippen molar-refractivity contribution in [1.29, 1.82) is 5.26 Å². The van der Waals surface area contributed by atoms with Gasteiger partial charge in [0.1, 0.15) is 0 Å². The summed E-state index contributed by atoms with van der Waals surface area (Å²) in [5, 5.41) is 21.6. The monoisotopic (exact) mass is 501 g/mol. The quantitative estimate of drug-likeness (QED) is 0.298. The smallest absolute Gasteiger partial charge is 0.311 e. The number of esters is 1. The summed E-state index contributed by atoms with van der Waals surface area (Å²) in [6.07, 6.45) is 3.63. The summed E-state index contributed by atoms with van der Waals surface area (Å²) in [6.45, 7) is 5.77. The van der Waals surface area contributed by atoms with Crippen molar-refractivity contribution in [2.45, 2.75) is 51.9 Å². The molecule has 1 aliphatic heterocycles. The topological polar surface area (TPSA) is 87.7 Å². The number of ether oxygens (including phenoxy) is 2. The maximum atomic E-state index is 12.3. The van der Waals surface area contributed by atoms with Crippen molar-refractivity contribution < 1.29 is 19.4 Å². The van der Waals surface area contributed by atoms with E-state index in [-0.39, 0.29) is 23.9 Å². The number of hydrogen-bond donors (Lipinski definition) is 1. The summed E-state index contributed by atoms with van der Waals surface area (Å²) in [4.78, 5) is 14.1. The molecular formula is C30H35N3O4. The van der Waals surface area contributed by atoms with E-state index < -0.39 is 12.0 Å². The lowest BCUT2D eigenvalue weighted by atomic mass is 9.71. The molecule has 1 unspecified atom stereocenters. The number of aliphatic hydroxyl groups excluding tert-OH is 1. The summed E-state index contributed by atoms with van der Waals surface area (Å²) in [6, 6.07) is 16.8. The normalized spacial score (nSPS) is 25.0. The van der Waals surface area contributed by atoms with Crippen molar-refractivity contribution in [3.63, 3.8) is 0 Å². The Hall–Kier alpha value is -3.34. The molecule has 1 N–H and O–H groups in total. The molecule has 2 aliphatic rings. The number of nitrogens with zero attached hydrogens (tertiary/aromatic N) is 3. The van der Waals surface area contributed by atoms with Crippen LogP contribution >= 0.6 is 0 Å². The van der Waals surface area contributed by atoms with Crippen LogP contribution in [0.4, 0.5) is 0 Å². The summed E-state index contributed by atoms with van der Waals surface area (Å²) in [7, 11) is 1.36. The minimum atomic E-state index is -0.693. The first-order valence-electron chi connectivity index (χ1n) is 13.2. The average Bonchev–Trinajstić information content (AvgIpc) is 3.17. The lowest BCUT2D eigenvalue weighted by Crippen LogP contribution is -2.45. The van der Waals surface area contributed by atoms with E-state index in [1.165, 1.54) is 18.1 Å². The molecule has 0 radical (unpaired) electrons. The van der Waals surface area contributed by atoms with E-state index in [0.717, 1.165) is 28.9 Å². The first kappa shape index (κ1) is 25.3. The van der Waals surface area contributed by atoms with Gasteiger partial charge in [-0.25, -0.2) is 0 Å². The zero-order valence-electron chi connectivity index (χ0n) is 21.8. The van der Waals surface area contributed by atoms with E-state index in [1.807, 2.05) is 17.9 Å². The number of carbonyl (C=O) groups is 1. The number of aliphatic hydroxyl groups is 1. The third kappa shape index (κ3) is 4.60. The summed E-state index contributed by atoms with van der Waals surface area (Å²) < 4.78 is 13.6. The Labute approximate surface area is 218 Å². The molecular weight excluding hydrogens is 466 g/mol. The third-order valence-electron chi connectivity index (χ3n) is 8.39. The molecule has 5 rings (SSSR count). The Kier molecular flexibility index (Phi) is 7.23. The molecule has 2 heterocycles. The number of carbonyl (C=O) groups excluding carboxylic acids is 1. The lowest BCUT2D eigenvalue weighted by Gasteiger charge is -2.39. The van der Waals surface area contributed by atoms with Crippen molar-refractivity contribution in [3.8, 4) is 11.9 Å². The number of benzene rings is 2. The highest BCUT2D eigenvalue weighted by Gasteiger charge is 2.41. The van der Waals surface area contributed by atoms with Gasteiger partial charge in [-0.3, -0.25) is 4.79 Å². The minimum absolute atomic E-state index is 0.0662. The predicted octanol–water partition coefficient (Wildman–Crippen LogP) is 4.74. The molecule has 7 nitrogen and oxygen atoms in total. The van der Waals surface area contributed by atoms with Crippen molar-refractivity contribution in [2.75, 3.05) is 20.2 Å². The third-order valence-corrected chi connectivity index (χ3v) is 8.39. The van der Waals surface area contributed by atoms with Gasteiger partial charge in [-0.1, -0.05) is 43.3 Å². The number of fused-ring (bicyclic) bond motifs is 5. The standard InChI is InChI=1S/C30H35N3O4/c1-19-21(12-13-27(34)28(19)30(35)36-3)16-32(18-31)15-14-24-23-9-5-7-11-26(23)33-25-10-6-4-8-22(25)17-37-20(2)29(24)33/h4-11,19-21,27-28,34H,12-17H2,1-3H3/t19-,20?,21-,27-,28+/m0/s1. The van der Waals surface area contributed by atoms with Crippen LogP contribution in [0.1, 0.15) is 49.6 Å². The van der Waals surface area contributed by atoms with E-state index in [9.17, 15) is 15.2 Å². The van der Waals surface area contributed by atoms with E-state index in [2.05, 4.69) is 60.1 Å². The predicted molar refractivity (Wildman–Crippen MR) is 141 cm³/mol. The molecule has 2 aromatic carbocycles. The highest BCUT2D eigenvalue weighted by Crippen LogP contribution is 2.39. The van der Waals surface area contributed by atoms with Gasteiger partial charge in [-0.2, -0.15) is 5.26 Å². The molecule has 0 bridgehead atoms. The van der Waals surface area contributed by atoms with Crippen molar-refractivity contribution >= 4 is 16.9 Å². The zero-order valence-corrected chi connectivity index (χ0v) is 21.8. The Bertz CT molecular complexity index is 1330. The lowest BCUT2D eigenvalue weighted by molar-refractivity contribution is -0.156. The number of hydrogen-bond acceptors (Lipinski definition) is 6. The van der Waals surface area contributed by atoms with Gasteiger partial charge < -0.3 is 24.0 Å². The van der Waals surface area contributed by atoms with Crippen LogP contribution in [0.25, 0.3) is 16.6 Å². The van der Waals surface area contributed by atoms with E-state index in [1.54, 1.807) is 0 Å². The van der Waals surface area contributed by atoms with E-state index in [4.69, 9.17) is 9.47 Å². The molecule has 0 amide bonds. The SMILES string of the molecule is COC(=O)[C@@H]1[C@@H](C)[C@H](CN(C#N)CCc2c3n(c4ccccc24)-c2ccccc2COC3C)CC[C@@H]1O. The Morgan fingerprint density at radius 2 is 1.95 bits per heavy atom. The van der Waals surface area contributed by atoms with Crippen LogP contribution in [0.15, 0.2) is 48.5 Å². The summed E-state index contributed by atoms with van der Waals surface area (Å²) in [5.41, 5.74) is 5.80. The van der Waals surface area contributed by atoms with Crippen LogP contribution in [0.5, 0.6) is 0 Å². The van der Waals surface area contributed by atoms with E-state index >= 15 is 0 Å². The zero-order chi connectivity index (χ0) is 26.1. The van der Waals surface area contributed by atoms with Crippen LogP contribution in [-0.4, -0.2) is 46.8 Å². The average molecular weight is 502 g/mol. The molecule has 37 heavy (non-hydrogen) atoms. The largest absolute Gasteiger partial charge is 0.469 e. The second-order valence-electron chi connectivity index (χ2n) is 10.4. The fourth-order valence-corrected chi connectivity index (χ4v) is 6.37. The first-order chi connectivity index (χ1) is 17.9. The van der Waals surface area contributed by atoms with Crippen LogP contribution in [0.3, 0.4) is 0 Å². The second kappa shape index (κ2) is 10.6. The number of para-hydroxylation sites is 2. The van der Waals surface area contributed by atoms with E-state index in [0.29, 0.717) is 32.5 Å². The van der Waals surface area contributed by atoms with Crippen molar-refractivity contribution in [3.05, 3.63) is 65.4 Å². The number of aromatic nitrogens is 1. The Balaban J connectivity index is 1.42. The summed E-state index contributed by atoms with van der Waals surface area (Å²) in [5.74, 6) is -0.855. The van der Waals surface area contributed by atoms with Crippen molar-refractivity contribution in [1.82, 2.24) is 9.47 Å². The van der Waals surface area contributed by atoms with Crippen LogP contribution in [0, 0.1) is 29.2 Å². The highest BCUT2D eigenvalue weighted by atomic mass is 16.5. The minimum Gasteiger partial charge on any atom is -0.469 e. The molecule has 1 fully saturated rings. The maximum absolute atomic E-state index is 12.3. The highest BCUT2D eigenvalue weighted by molar-refractivity contribution is 5.88. The Morgan fingerprint density at radius 3 is 2.73 bits per heavy atom. The number of methoxy groups -OCH3 is 1. The molecule has 1 saturated carbocycles. The van der Waals surface area contributed by atoms with Crippen molar-refractivity contribution in [2.24, 2.45) is 17.8 Å². The van der Waals surface area contributed by atoms with Gasteiger partial charge in [0.25, 0.3) is 0 Å². The molecule has 0 saturated heterocycles. The molecule has 194 valence electrons. The fraction of sp³-hybridized carbons (Fsp3) is 0.467. The van der Waals surface area contributed by atoms with Gasteiger partial charge in [0, 0.05) is 24.0 Å². The molecule has 1 aromatic heterocycles. The van der Waals surface area contributed by atoms with Crippen LogP contribution in [0.2, 0.25) is 0 Å².